The molecule has 2 N–H and O–H groups in total. The van der Waals surface area contributed by atoms with Crippen LogP contribution in [0.3, 0.4) is 0 Å². The second kappa shape index (κ2) is 5.49. The molecule has 21 heavy (non-hydrogen) atoms. The number of carbonyl (C=O) groups excluding carboxylic acids is 1. The van der Waals surface area contributed by atoms with Crippen LogP contribution in [0.5, 0.6) is 0 Å². The molecule has 3 rings (SSSR count). The van der Waals surface area contributed by atoms with Gasteiger partial charge in [0.15, 0.2) is 0 Å². The van der Waals surface area contributed by atoms with E-state index in [0.29, 0.717) is 12.3 Å². The number of rotatable bonds is 3. The molecule has 2 aromatic carbocycles. The summed E-state index contributed by atoms with van der Waals surface area (Å²) in [5, 5.41) is 2.40. The zero-order valence-electron chi connectivity index (χ0n) is 12.6. The van der Waals surface area contributed by atoms with Crippen molar-refractivity contribution in [1.29, 1.82) is 0 Å². The average Bonchev–Trinajstić information content (AvgIpc) is 2.72. The zero-order chi connectivity index (χ0) is 15.0. The summed E-state index contributed by atoms with van der Waals surface area (Å²) in [6, 6.07) is 14.4. The number of hydrogen-bond donors (Lipinski definition) is 1. The Morgan fingerprint density at radius 2 is 1.90 bits per heavy atom. The first-order chi connectivity index (χ1) is 10.1. The summed E-state index contributed by atoms with van der Waals surface area (Å²) in [5.41, 5.74) is 7.47. The molecular weight excluding hydrogens is 260 g/mol. The Morgan fingerprint density at radius 1 is 1.19 bits per heavy atom. The fourth-order valence-corrected chi connectivity index (χ4v) is 3.33. The standard InChI is InChI=1S/C18H22N2O/c1-12(2)11-20-17(21)10-16(19)18(20)15-9-5-7-13-6-3-4-8-14(13)15/h3-9,12,16,18H,10-11,19H2,1-2H3. The van der Waals surface area contributed by atoms with Crippen LogP contribution in [0.15, 0.2) is 42.5 Å². The Kier molecular flexibility index (Phi) is 3.68. The number of amides is 1. The summed E-state index contributed by atoms with van der Waals surface area (Å²) < 4.78 is 0. The molecule has 3 heteroatoms. The highest BCUT2D eigenvalue weighted by atomic mass is 16.2. The zero-order valence-corrected chi connectivity index (χ0v) is 12.6. The maximum Gasteiger partial charge on any atom is 0.224 e. The van der Waals surface area contributed by atoms with Crippen molar-refractivity contribution >= 4 is 16.7 Å². The highest BCUT2D eigenvalue weighted by Gasteiger charge is 2.39. The fraction of sp³-hybridized carbons (Fsp3) is 0.389. The van der Waals surface area contributed by atoms with Gasteiger partial charge in [0.05, 0.1) is 6.04 Å². The highest BCUT2D eigenvalue weighted by molar-refractivity contribution is 5.88. The van der Waals surface area contributed by atoms with Gasteiger partial charge in [-0.25, -0.2) is 0 Å². The monoisotopic (exact) mass is 282 g/mol. The predicted octanol–water partition coefficient (Wildman–Crippen LogP) is 3.10. The molecule has 110 valence electrons. The molecule has 0 saturated carbocycles. The van der Waals surface area contributed by atoms with Crippen LogP contribution in [-0.2, 0) is 4.79 Å². The van der Waals surface area contributed by atoms with Gasteiger partial charge in [-0.3, -0.25) is 4.79 Å². The van der Waals surface area contributed by atoms with E-state index in [-0.39, 0.29) is 18.0 Å². The third-order valence-corrected chi connectivity index (χ3v) is 4.18. The maximum atomic E-state index is 12.3. The molecular formula is C18H22N2O. The van der Waals surface area contributed by atoms with E-state index in [1.807, 2.05) is 17.0 Å². The molecule has 0 spiro atoms. The number of fused-ring (bicyclic) bond motifs is 1. The minimum absolute atomic E-state index is 0.00833. The van der Waals surface area contributed by atoms with Crippen LogP contribution in [0.1, 0.15) is 31.9 Å². The number of benzene rings is 2. The van der Waals surface area contributed by atoms with Crippen LogP contribution < -0.4 is 5.73 Å². The fourth-order valence-electron chi connectivity index (χ4n) is 3.33. The van der Waals surface area contributed by atoms with E-state index in [4.69, 9.17) is 5.73 Å². The van der Waals surface area contributed by atoms with E-state index in [1.54, 1.807) is 0 Å². The van der Waals surface area contributed by atoms with E-state index in [9.17, 15) is 4.79 Å². The molecule has 1 amide bonds. The van der Waals surface area contributed by atoms with Gasteiger partial charge in [-0.2, -0.15) is 0 Å². The maximum absolute atomic E-state index is 12.3. The summed E-state index contributed by atoms with van der Waals surface area (Å²) in [5.74, 6) is 0.617. The molecule has 1 fully saturated rings. The lowest BCUT2D eigenvalue weighted by Gasteiger charge is -2.29. The van der Waals surface area contributed by atoms with Gasteiger partial charge in [0.1, 0.15) is 0 Å². The number of nitrogens with zero attached hydrogens (tertiary/aromatic N) is 1. The van der Waals surface area contributed by atoms with E-state index >= 15 is 0 Å². The van der Waals surface area contributed by atoms with Gasteiger partial charge in [-0.05, 0) is 22.3 Å². The summed E-state index contributed by atoms with van der Waals surface area (Å²) in [6.07, 6.45) is 0.445. The number of likely N-dealkylation sites (tertiary alicyclic amines) is 1. The van der Waals surface area contributed by atoms with Crippen LogP contribution in [0.25, 0.3) is 10.8 Å². The molecule has 0 aromatic heterocycles. The molecule has 0 bridgehead atoms. The molecule has 0 radical (unpaired) electrons. The van der Waals surface area contributed by atoms with Gasteiger partial charge >= 0.3 is 0 Å². The SMILES string of the molecule is CC(C)CN1C(=O)CC(N)C1c1cccc2ccccc12. The van der Waals surface area contributed by atoms with E-state index in [1.165, 1.54) is 16.3 Å². The third-order valence-electron chi connectivity index (χ3n) is 4.18. The lowest BCUT2D eigenvalue weighted by atomic mass is 9.94. The van der Waals surface area contributed by atoms with Crippen molar-refractivity contribution in [3.8, 4) is 0 Å². The van der Waals surface area contributed by atoms with Gasteiger partial charge in [0.2, 0.25) is 5.91 Å². The molecule has 2 atom stereocenters. The van der Waals surface area contributed by atoms with Crippen LogP contribution in [-0.4, -0.2) is 23.4 Å². The van der Waals surface area contributed by atoms with E-state index < -0.39 is 0 Å². The number of carbonyl (C=O) groups is 1. The minimum Gasteiger partial charge on any atom is -0.334 e. The molecule has 3 nitrogen and oxygen atoms in total. The van der Waals surface area contributed by atoms with Crippen molar-refractivity contribution in [2.75, 3.05) is 6.54 Å². The van der Waals surface area contributed by atoms with Gasteiger partial charge < -0.3 is 10.6 Å². The molecule has 1 aliphatic heterocycles. The Hall–Kier alpha value is -1.87. The Bertz CT molecular complexity index is 660. The molecule has 2 unspecified atom stereocenters. The molecule has 2 aromatic rings. The Morgan fingerprint density at radius 3 is 2.67 bits per heavy atom. The summed E-state index contributed by atoms with van der Waals surface area (Å²) in [4.78, 5) is 14.3. The summed E-state index contributed by atoms with van der Waals surface area (Å²) >= 11 is 0. The van der Waals surface area contributed by atoms with Crippen molar-refractivity contribution in [3.05, 3.63) is 48.0 Å². The smallest absolute Gasteiger partial charge is 0.224 e. The highest BCUT2D eigenvalue weighted by Crippen LogP contribution is 2.36. The third kappa shape index (κ3) is 2.54. The van der Waals surface area contributed by atoms with Crippen LogP contribution in [0, 0.1) is 5.92 Å². The average molecular weight is 282 g/mol. The molecule has 1 heterocycles. The normalized spacial score (nSPS) is 22.5. The second-order valence-corrected chi connectivity index (χ2v) is 6.32. The molecule has 1 saturated heterocycles. The number of nitrogens with two attached hydrogens (primary N) is 1. The first kappa shape index (κ1) is 14.1. The first-order valence-electron chi connectivity index (χ1n) is 7.60. The summed E-state index contributed by atoms with van der Waals surface area (Å²) in [7, 11) is 0. The van der Waals surface area contributed by atoms with Crippen molar-refractivity contribution in [3.63, 3.8) is 0 Å². The predicted molar refractivity (Wildman–Crippen MR) is 85.8 cm³/mol. The topological polar surface area (TPSA) is 46.3 Å². The van der Waals surface area contributed by atoms with E-state index in [0.717, 1.165) is 6.54 Å². The Balaban J connectivity index is 2.09. The lowest BCUT2D eigenvalue weighted by molar-refractivity contribution is -0.129. The van der Waals surface area contributed by atoms with E-state index in [2.05, 4.69) is 44.2 Å². The second-order valence-electron chi connectivity index (χ2n) is 6.32. The lowest BCUT2D eigenvalue weighted by Crippen LogP contribution is -2.35. The first-order valence-corrected chi connectivity index (χ1v) is 7.60. The molecule has 1 aliphatic rings. The number of hydrogen-bond acceptors (Lipinski definition) is 2. The van der Waals surface area contributed by atoms with Crippen molar-refractivity contribution in [1.82, 2.24) is 4.90 Å². The minimum atomic E-state index is -0.123. The van der Waals surface area contributed by atoms with Gasteiger partial charge in [0, 0.05) is 19.0 Å². The van der Waals surface area contributed by atoms with Crippen LogP contribution in [0.2, 0.25) is 0 Å². The molecule has 0 aliphatic carbocycles. The Labute approximate surface area is 125 Å². The van der Waals surface area contributed by atoms with Crippen molar-refractivity contribution in [2.45, 2.75) is 32.4 Å². The van der Waals surface area contributed by atoms with Gasteiger partial charge in [-0.15, -0.1) is 0 Å². The van der Waals surface area contributed by atoms with Gasteiger partial charge in [0.25, 0.3) is 0 Å². The van der Waals surface area contributed by atoms with Crippen molar-refractivity contribution < 1.29 is 4.79 Å². The van der Waals surface area contributed by atoms with Crippen LogP contribution >= 0.6 is 0 Å². The summed E-state index contributed by atoms with van der Waals surface area (Å²) in [6.45, 7) is 5.04. The quantitative estimate of drug-likeness (QED) is 0.940. The van der Waals surface area contributed by atoms with Crippen LogP contribution in [0.4, 0.5) is 0 Å². The van der Waals surface area contributed by atoms with Gasteiger partial charge in [-0.1, -0.05) is 56.3 Å². The largest absolute Gasteiger partial charge is 0.334 e. The van der Waals surface area contributed by atoms with Crippen molar-refractivity contribution in [2.24, 2.45) is 11.7 Å².